The van der Waals surface area contributed by atoms with Crippen molar-refractivity contribution in [2.75, 3.05) is 0 Å². The maximum atomic E-state index is 10.5. The first-order valence-corrected chi connectivity index (χ1v) is 4.57. The van der Waals surface area contributed by atoms with Gasteiger partial charge in [-0.3, -0.25) is 9.78 Å². The summed E-state index contributed by atoms with van der Waals surface area (Å²) in [4.78, 5) is 17.5. The van der Waals surface area contributed by atoms with E-state index in [0.717, 1.165) is 16.5 Å². The lowest BCUT2D eigenvalue weighted by Crippen LogP contribution is -2.14. The van der Waals surface area contributed by atoms with Crippen molar-refractivity contribution in [2.24, 2.45) is 5.73 Å². The average Bonchev–Trinajstić information content (AvgIpc) is 2.59. The van der Waals surface area contributed by atoms with Crippen LogP contribution in [-0.4, -0.2) is 21.0 Å². The van der Waals surface area contributed by atoms with Crippen molar-refractivity contribution in [2.45, 2.75) is 12.5 Å². The van der Waals surface area contributed by atoms with Gasteiger partial charge in [-0.2, -0.15) is 0 Å². The van der Waals surface area contributed by atoms with E-state index in [-0.39, 0.29) is 6.42 Å². The molecule has 0 aliphatic carbocycles. The van der Waals surface area contributed by atoms with Gasteiger partial charge in [-0.05, 0) is 11.6 Å². The fourth-order valence-electron chi connectivity index (χ4n) is 1.60. The summed E-state index contributed by atoms with van der Waals surface area (Å²) < 4.78 is 0. The SMILES string of the molecule is N[C@@H](CC(=O)O)c1c[nH]c2cnccc12. The third-order valence-electron chi connectivity index (χ3n) is 2.31. The van der Waals surface area contributed by atoms with Gasteiger partial charge < -0.3 is 15.8 Å². The van der Waals surface area contributed by atoms with Crippen LogP contribution in [0.2, 0.25) is 0 Å². The smallest absolute Gasteiger partial charge is 0.305 e. The molecule has 15 heavy (non-hydrogen) atoms. The zero-order valence-electron chi connectivity index (χ0n) is 7.97. The molecule has 2 aromatic rings. The molecule has 0 aliphatic rings. The Bertz CT molecular complexity index is 492. The normalized spacial score (nSPS) is 12.9. The standard InChI is InChI=1S/C10H11N3O2/c11-8(3-10(14)15)7-4-13-9-5-12-2-1-6(7)9/h1-2,4-5,8,13H,3,11H2,(H,14,15)/t8-/m0/s1. The van der Waals surface area contributed by atoms with Crippen LogP contribution in [0.5, 0.6) is 0 Å². The second kappa shape index (κ2) is 3.70. The molecule has 2 aromatic heterocycles. The van der Waals surface area contributed by atoms with E-state index in [0.29, 0.717) is 0 Å². The van der Waals surface area contributed by atoms with Crippen LogP contribution in [0.3, 0.4) is 0 Å². The summed E-state index contributed by atoms with van der Waals surface area (Å²) in [5.41, 5.74) is 7.47. The number of nitrogens with zero attached hydrogens (tertiary/aromatic N) is 1. The lowest BCUT2D eigenvalue weighted by molar-refractivity contribution is -0.137. The Kier molecular flexibility index (Phi) is 2.39. The monoisotopic (exact) mass is 205 g/mol. The molecule has 0 saturated heterocycles. The maximum Gasteiger partial charge on any atom is 0.305 e. The van der Waals surface area contributed by atoms with Crippen molar-refractivity contribution in [3.8, 4) is 0 Å². The Balaban J connectivity index is 2.39. The second-order valence-electron chi connectivity index (χ2n) is 3.37. The number of hydrogen-bond donors (Lipinski definition) is 3. The van der Waals surface area contributed by atoms with Crippen molar-refractivity contribution in [3.05, 3.63) is 30.2 Å². The van der Waals surface area contributed by atoms with Gasteiger partial charge in [0.15, 0.2) is 0 Å². The van der Waals surface area contributed by atoms with Gasteiger partial charge in [-0.25, -0.2) is 0 Å². The number of aliphatic carboxylic acids is 1. The molecule has 0 amide bonds. The fourth-order valence-corrected chi connectivity index (χ4v) is 1.60. The van der Waals surface area contributed by atoms with Gasteiger partial charge in [-0.15, -0.1) is 0 Å². The molecule has 78 valence electrons. The quantitative estimate of drug-likeness (QED) is 0.698. The third kappa shape index (κ3) is 1.82. The summed E-state index contributed by atoms with van der Waals surface area (Å²) >= 11 is 0. The Morgan fingerprint density at radius 2 is 2.47 bits per heavy atom. The Hall–Kier alpha value is -1.88. The average molecular weight is 205 g/mol. The highest BCUT2D eigenvalue weighted by atomic mass is 16.4. The number of aromatic nitrogens is 2. The first-order valence-electron chi connectivity index (χ1n) is 4.57. The lowest BCUT2D eigenvalue weighted by atomic mass is 10.1. The van der Waals surface area contributed by atoms with Crippen molar-refractivity contribution < 1.29 is 9.90 Å². The van der Waals surface area contributed by atoms with E-state index >= 15 is 0 Å². The molecule has 2 heterocycles. The number of aromatic amines is 1. The highest BCUT2D eigenvalue weighted by Gasteiger charge is 2.14. The molecular formula is C10H11N3O2. The van der Waals surface area contributed by atoms with Crippen LogP contribution in [-0.2, 0) is 4.79 Å². The van der Waals surface area contributed by atoms with Gasteiger partial charge in [0.2, 0.25) is 0 Å². The largest absolute Gasteiger partial charge is 0.481 e. The number of hydrogen-bond acceptors (Lipinski definition) is 3. The van der Waals surface area contributed by atoms with Crippen molar-refractivity contribution >= 4 is 16.9 Å². The van der Waals surface area contributed by atoms with E-state index < -0.39 is 12.0 Å². The number of nitrogens with two attached hydrogens (primary N) is 1. The fraction of sp³-hybridized carbons (Fsp3) is 0.200. The summed E-state index contributed by atoms with van der Waals surface area (Å²) in [6, 6.07) is 1.33. The van der Waals surface area contributed by atoms with E-state index in [1.807, 2.05) is 6.07 Å². The molecule has 0 saturated carbocycles. The van der Waals surface area contributed by atoms with Crippen LogP contribution in [0.15, 0.2) is 24.7 Å². The molecule has 0 aliphatic heterocycles. The maximum absolute atomic E-state index is 10.5. The highest BCUT2D eigenvalue weighted by Crippen LogP contribution is 2.23. The van der Waals surface area contributed by atoms with Crippen molar-refractivity contribution in [1.29, 1.82) is 0 Å². The Morgan fingerprint density at radius 1 is 1.67 bits per heavy atom. The molecule has 0 bridgehead atoms. The van der Waals surface area contributed by atoms with E-state index in [2.05, 4.69) is 9.97 Å². The predicted octanol–water partition coefficient (Wildman–Crippen LogP) is 1.04. The van der Waals surface area contributed by atoms with E-state index in [1.54, 1.807) is 18.6 Å². The zero-order valence-corrected chi connectivity index (χ0v) is 7.97. The first kappa shape index (κ1) is 9.67. The summed E-state index contributed by atoms with van der Waals surface area (Å²) in [6.45, 7) is 0. The number of carbonyl (C=O) groups is 1. The van der Waals surface area contributed by atoms with Crippen LogP contribution < -0.4 is 5.73 Å². The van der Waals surface area contributed by atoms with Gasteiger partial charge in [0.25, 0.3) is 0 Å². The van der Waals surface area contributed by atoms with E-state index in [4.69, 9.17) is 10.8 Å². The zero-order chi connectivity index (χ0) is 10.8. The number of fused-ring (bicyclic) bond motifs is 1. The van der Waals surface area contributed by atoms with Gasteiger partial charge >= 0.3 is 5.97 Å². The molecule has 4 N–H and O–H groups in total. The van der Waals surface area contributed by atoms with E-state index in [9.17, 15) is 4.79 Å². The Labute approximate surface area is 85.9 Å². The number of H-pyrrole nitrogens is 1. The molecule has 5 nitrogen and oxygen atoms in total. The summed E-state index contributed by atoms with van der Waals surface area (Å²) in [5.74, 6) is -0.897. The van der Waals surface area contributed by atoms with Gasteiger partial charge in [0.1, 0.15) is 0 Å². The number of rotatable bonds is 3. The number of nitrogens with one attached hydrogen (secondary N) is 1. The molecule has 2 rings (SSSR count). The van der Waals surface area contributed by atoms with Crippen LogP contribution >= 0.6 is 0 Å². The topological polar surface area (TPSA) is 92.0 Å². The van der Waals surface area contributed by atoms with Crippen molar-refractivity contribution in [3.63, 3.8) is 0 Å². The molecule has 0 radical (unpaired) electrons. The van der Waals surface area contributed by atoms with Gasteiger partial charge in [-0.1, -0.05) is 0 Å². The second-order valence-corrected chi connectivity index (χ2v) is 3.37. The Morgan fingerprint density at radius 3 is 3.20 bits per heavy atom. The summed E-state index contributed by atoms with van der Waals surface area (Å²) in [7, 11) is 0. The number of pyridine rings is 1. The minimum Gasteiger partial charge on any atom is -0.481 e. The van der Waals surface area contributed by atoms with Gasteiger partial charge in [0.05, 0.1) is 18.1 Å². The van der Waals surface area contributed by atoms with Gasteiger partial charge in [0, 0.05) is 23.8 Å². The summed E-state index contributed by atoms with van der Waals surface area (Å²) in [6.07, 6.45) is 5.01. The lowest BCUT2D eigenvalue weighted by Gasteiger charge is -2.06. The first-order chi connectivity index (χ1) is 7.18. The molecule has 1 atom stereocenters. The molecule has 5 heteroatoms. The number of carboxylic acids is 1. The van der Waals surface area contributed by atoms with Crippen LogP contribution in [0.4, 0.5) is 0 Å². The molecule has 0 unspecified atom stereocenters. The minimum absolute atomic E-state index is 0.0741. The van der Waals surface area contributed by atoms with Crippen molar-refractivity contribution in [1.82, 2.24) is 9.97 Å². The third-order valence-corrected chi connectivity index (χ3v) is 2.31. The molecule has 0 fully saturated rings. The molecule has 0 aromatic carbocycles. The van der Waals surface area contributed by atoms with Crippen LogP contribution in [0.1, 0.15) is 18.0 Å². The highest BCUT2D eigenvalue weighted by molar-refractivity contribution is 5.83. The van der Waals surface area contributed by atoms with Crippen LogP contribution in [0.25, 0.3) is 10.9 Å². The predicted molar refractivity (Wildman–Crippen MR) is 55.3 cm³/mol. The van der Waals surface area contributed by atoms with Crippen LogP contribution in [0, 0.1) is 0 Å². The number of carboxylic acid groups (broad SMARTS) is 1. The molecule has 0 spiro atoms. The molecular weight excluding hydrogens is 194 g/mol. The van der Waals surface area contributed by atoms with E-state index in [1.165, 1.54) is 0 Å². The summed E-state index contributed by atoms with van der Waals surface area (Å²) in [5, 5.41) is 9.58. The minimum atomic E-state index is -0.897.